The van der Waals surface area contributed by atoms with Crippen LogP contribution in [0.1, 0.15) is 11.4 Å². The number of nitrogens with zero attached hydrogens (tertiary/aromatic N) is 3. The molecule has 2 N–H and O–H groups in total. The van der Waals surface area contributed by atoms with E-state index >= 15 is 0 Å². The molecule has 0 aliphatic rings. The molecule has 1 heterocycles. The highest BCUT2D eigenvalue weighted by atomic mass is 35.5. The van der Waals surface area contributed by atoms with Crippen molar-refractivity contribution in [2.45, 2.75) is 11.3 Å². The van der Waals surface area contributed by atoms with Crippen LogP contribution in [0.2, 0.25) is 5.02 Å². The van der Waals surface area contributed by atoms with Gasteiger partial charge < -0.3 is 0 Å². The molecule has 1 aromatic carbocycles. The number of sulfonamides is 1. The molecule has 0 amide bonds. The lowest BCUT2D eigenvalue weighted by Gasteiger charge is -2.07. The Morgan fingerprint density at radius 1 is 1.45 bits per heavy atom. The van der Waals surface area contributed by atoms with Crippen molar-refractivity contribution in [3.05, 3.63) is 40.9 Å². The van der Waals surface area contributed by atoms with E-state index in [2.05, 4.69) is 19.9 Å². The Hall–Kier alpha value is -1.95. The minimum atomic E-state index is -3.72. The Morgan fingerprint density at radius 2 is 2.25 bits per heavy atom. The van der Waals surface area contributed by atoms with E-state index in [0.29, 0.717) is 17.8 Å². The zero-order valence-electron chi connectivity index (χ0n) is 10.2. The van der Waals surface area contributed by atoms with Crippen molar-refractivity contribution in [1.82, 2.24) is 19.9 Å². The molecule has 104 valence electrons. The van der Waals surface area contributed by atoms with Crippen LogP contribution in [0.4, 0.5) is 0 Å². The number of hydrogen-bond donors (Lipinski definition) is 2. The topological polar surface area (TPSA) is 112 Å². The maximum atomic E-state index is 12.1. The van der Waals surface area contributed by atoms with Gasteiger partial charge in [-0.05, 0) is 18.2 Å². The normalized spacial score (nSPS) is 11.2. The van der Waals surface area contributed by atoms with E-state index in [1.54, 1.807) is 0 Å². The predicted octanol–water partition coefficient (Wildman–Crippen LogP) is 0.851. The van der Waals surface area contributed by atoms with Crippen LogP contribution in [-0.2, 0) is 16.4 Å². The molecule has 0 radical (unpaired) electrons. The molecule has 7 nitrogen and oxygen atoms in total. The van der Waals surface area contributed by atoms with Gasteiger partial charge in [-0.1, -0.05) is 11.6 Å². The van der Waals surface area contributed by atoms with Crippen LogP contribution in [0.15, 0.2) is 29.4 Å². The molecule has 1 aromatic heterocycles. The number of H-pyrrole nitrogens is 1. The molecule has 0 aliphatic heterocycles. The Morgan fingerprint density at radius 3 is 2.85 bits per heavy atom. The lowest BCUT2D eigenvalue weighted by molar-refractivity contribution is 0.581. The maximum absolute atomic E-state index is 12.1. The van der Waals surface area contributed by atoms with Gasteiger partial charge in [0.05, 0.1) is 16.7 Å². The average molecular weight is 312 g/mol. The Labute approximate surface area is 120 Å². The number of benzene rings is 1. The summed E-state index contributed by atoms with van der Waals surface area (Å²) in [6, 6.07) is 5.90. The van der Waals surface area contributed by atoms with Crippen LogP contribution in [0.3, 0.4) is 0 Å². The molecule has 0 atom stereocenters. The molecule has 2 rings (SSSR count). The molecular weight excluding hydrogens is 302 g/mol. The molecule has 0 spiro atoms. The zero-order valence-corrected chi connectivity index (χ0v) is 11.7. The molecule has 0 saturated heterocycles. The summed E-state index contributed by atoms with van der Waals surface area (Å²) in [5.74, 6) is 0.582. The Bertz CT molecular complexity index is 737. The lowest BCUT2D eigenvalue weighted by atomic mass is 10.2. The van der Waals surface area contributed by atoms with Gasteiger partial charge in [0.1, 0.15) is 17.0 Å². The second-order valence-corrected chi connectivity index (χ2v) is 5.98. The molecule has 9 heteroatoms. The molecule has 0 aliphatic carbocycles. The maximum Gasteiger partial charge on any atom is 0.242 e. The minimum absolute atomic E-state index is 0.0104. The molecule has 0 fully saturated rings. The summed E-state index contributed by atoms with van der Waals surface area (Å²) < 4.78 is 26.5. The van der Waals surface area contributed by atoms with Crippen LogP contribution in [0.25, 0.3) is 0 Å². The second-order valence-electron chi connectivity index (χ2n) is 3.84. The quantitative estimate of drug-likeness (QED) is 0.850. The number of hydrogen-bond acceptors (Lipinski definition) is 5. The third-order valence-corrected chi connectivity index (χ3v) is 4.41. The van der Waals surface area contributed by atoms with Gasteiger partial charge in [-0.25, -0.2) is 18.1 Å². The van der Waals surface area contributed by atoms with Gasteiger partial charge in [0, 0.05) is 13.0 Å². The van der Waals surface area contributed by atoms with E-state index in [-0.39, 0.29) is 16.5 Å². The van der Waals surface area contributed by atoms with E-state index in [4.69, 9.17) is 16.9 Å². The molecule has 0 bridgehead atoms. The van der Waals surface area contributed by atoms with E-state index < -0.39 is 10.0 Å². The number of nitrogens with one attached hydrogen (secondary N) is 2. The fourth-order valence-corrected chi connectivity index (χ4v) is 3.10. The zero-order chi connectivity index (χ0) is 14.6. The van der Waals surface area contributed by atoms with Crippen molar-refractivity contribution in [2.24, 2.45) is 0 Å². The number of halogens is 1. The van der Waals surface area contributed by atoms with Crippen LogP contribution in [0, 0.1) is 11.3 Å². The lowest BCUT2D eigenvalue weighted by Crippen LogP contribution is -2.26. The Balaban J connectivity index is 2.08. The van der Waals surface area contributed by atoms with Crippen molar-refractivity contribution < 1.29 is 8.42 Å². The molecule has 0 saturated carbocycles. The fraction of sp³-hybridized carbons (Fsp3) is 0.182. The highest BCUT2D eigenvalue weighted by Crippen LogP contribution is 2.22. The smallest absolute Gasteiger partial charge is 0.242 e. The van der Waals surface area contributed by atoms with E-state index in [1.807, 2.05) is 6.07 Å². The first kappa shape index (κ1) is 14.5. The van der Waals surface area contributed by atoms with Gasteiger partial charge in [-0.15, -0.1) is 0 Å². The van der Waals surface area contributed by atoms with Crippen LogP contribution >= 0.6 is 11.6 Å². The second kappa shape index (κ2) is 6.00. The van der Waals surface area contributed by atoms with Crippen molar-refractivity contribution in [3.63, 3.8) is 0 Å². The molecule has 20 heavy (non-hydrogen) atoms. The SMILES string of the molecule is N#Cc1ccc(S(=O)(=O)NCCc2ncn[nH]2)c(Cl)c1. The van der Waals surface area contributed by atoms with Gasteiger partial charge in [0.15, 0.2) is 0 Å². The summed E-state index contributed by atoms with van der Waals surface area (Å²) in [5, 5.41) is 15.0. The predicted molar refractivity (Wildman–Crippen MR) is 71.4 cm³/mol. The largest absolute Gasteiger partial charge is 0.263 e. The average Bonchev–Trinajstić information content (AvgIpc) is 2.91. The van der Waals surface area contributed by atoms with E-state index in [0.717, 1.165) is 0 Å². The van der Waals surface area contributed by atoms with Crippen LogP contribution in [-0.4, -0.2) is 30.1 Å². The fourth-order valence-electron chi connectivity index (χ4n) is 1.52. The van der Waals surface area contributed by atoms with Gasteiger partial charge in [0.2, 0.25) is 10.0 Å². The van der Waals surface area contributed by atoms with Gasteiger partial charge in [0.25, 0.3) is 0 Å². The standard InChI is InChI=1S/C11H10ClN5O2S/c12-9-5-8(6-13)1-2-10(9)20(18,19)16-4-3-11-14-7-15-17-11/h1-2,5,7,16H,3-4H2,(H,14,15,17). The number of aromatic nitrogens is 3. The van der Waals surface area contributed by atoms with Crippen molar-refractivity contribution >= 4 is 21.6 Å². The first-order valence-electron chi connectivity index (χ1n) is 5.56. The number of aromatic amines is 1. The van der Waals surface area contributed by atoms with E-state index in [1.165, 1.54) is 24.5 Å². The summed E-state index contributed by atoms with van der Waals surface area (Å²) in [6.45, 7) is 0.161. The summed E-state index contributed by atoms with van der Waals surface area (Å²) in [4.78, 5) is 3.83. The van der Waals surface area contributed by atoms with Crippen LogP contribution in [0.5, 0.6) is 0 Å². The number of nitriles is 1. The van der Waals surface area contributed by atoms with Gasteiger partial charge in [-0.3, -0.25) is 5.10 Å². The first-order chi connectivity index (χ1) is 9.53. The summed E-state index contributed by atoms with van der Waals surface area (Å²) >= 11 is 5.87. The van der Waals surface area contributed by atoms with Gasteiger partial charge in [-0.2, -0.15) is 10.4 Å². The molecule has 2 aromatic rings. The third-order valence-electron chi connectivity index (χ3n) is 2.47. The monoisotopic (exact) mass is 311 g/mol. The first-order valence-corrected chi connectivity index (χ1v) is 7.42. The highest BCUT2D eigenvalue weighted by molar-refractivity contribution is 7.89. The summed E-state index contributed by atoms with van der Waals surface area (Å²) in [6.07, 6.45) is 1.73. The third kappa shape index (κ3) is 3.33. The summed E-state index contributed by atoms with van der Waals surface area (Å²) in [5.41, 5.74) is 0.301. The highest BCUT2D eigenvalue weighted by Gasteiger charge is 2.17. The molecular formula is C11H10ClN5O2S. The van der Waals surface area contributed by atoms with Crippen molar-refractivity contribution in [1.29, 1.82) is 5.26 Å². The van der Waals surface area contributed by atoms with Gasteiger partial charge >= 0.3 is 0 Å². The Kier molecular flexibility index (Phi) is 4.34. The summed E-state index contributed by atoms with van der Waals surface area (Å²) in [7, 11) is -3.72. The molecule has 0 unspecified atom stereocenters. The van der Waals surface area contributed by atoms with Crippen LogP contribution < -0.4 is 4.72 Å². The number of rotatable bonds is 5. The van der Waals surface area contributed by atoms with Crippen molar-refractivity contribution in [2.75, 3.05) is 6.54 Å². The van der Waals surface area contributed by atoms with E-state index in [9.17, 15) is 8.42 Å². The van der Waals surface area contributed by atoms with Crippen molar-refractivity contribution in [3.8, 4) is 6.07 Å². The minimum Gasteiger partial charge on any atom is -0.263 e.